The van der Waals surface area contributed by atoms with Gasteiger partial charge in [-0.25, -0.2) is 4.39 Å². The fraction of sp³-hybridized carbons (Fsp3) is 0.273. The van der Waals surface area contributed by atoms with Crippen molar-refractivity contribution in [2.75, 3.05) is 13.1 Å². The predicted octanol–water partition coefficient (Wildman–Crippen LogP) is 0.116. The van der Waals surface area contributed by atoms with Crippen LogP contribution in [-0.2, 0) is 16.1 Å². The third kappa shape index (κ3) is 5.07. The van der Waals surface area contributed by atoms with Gasteiger partial charge < -0.3 is 15.7 Å². The van der Waals surface area contributed by atoms with Crippen molar-refractivity contribution in [1.82, 2.24) is 10.6 Å². The van der Waals surface area contributed by atoms with Gasteiger partial charge >= 0.3 is 5.97 Å². The van der Waals surface area contributed by atoms with Gasteiger partial charge in [-0.15, -0.1) is 0 Å². The first-order chi connectivity index (χ1) is 8.09. The van der Waals surface area contributed by atoms with Crippen LogP contribution in [0.15, 0.2) is 24.3 Å². The van der Waals surface area contributed by atoms with Crippen LogP contribution < -0.4 is 10.6 Å². The molecule has 0 radical (unpaired) electrons. The number of halogens is 1. The van der Waals surface area contributed by atoms with Crippen LogP contribution in [0.5, 0.6) is 0 Å². The van der Waals surface area contributed by atoms with E-state index in [0.717, 1.165) is 0 Å². The number of carboxylic acid groups (broad SMARTS) is 1. The standard InChI is InChI=1S/C11H13FN2O3/c12-9-4-2-1-3-8(9)5-13-6-10(15)14-7-11(16)17/h1-4,13H,5-7H2,(H,14,15)(H,16,17). The third-order valence-corrected chi connectivity index (χ3v) is 2.00. The van der Waals surface area contributed by atoms with E-state index >= 15 is 0 Å². The lowest BCUT2D eigenvalue weighted by Crippen LogP contribution is -2.36. The monoisotopic (exact) mass is 240 g/mol. The van der Waals surface area contributed by atoms with E-state index in [2.05, 4.69) is 10.6 Å². The number of nitrogens with one attached hydrogen (secondary N) is 2. The first kappa shape index (κ1) is 13.1. The molecule has 0 heterocycles. The highest BCUT2D eigenvalue weighted by Gasteiger charge is 2.04. The Labute approximate surface area is 97.6 Å². The minimum atomic E-state index is -1.10. The van der Waals surface area contributed by atoms with E-state index in [1.165, 1.54) is 6.07 Å². The number of carboxylic acids is 1. The summed E-state index contributed by atoms with van der Waals surface area (Å²) in [5.74, 6) is -1.89. The molecule has 0 unspecified atom stereocenters. The number of hydrogen-bond acceptors (Lipinski definition) is 3. The zero-order valence-electron chi connectivity index (χ0n) is 9.07. The molecule has 1 amide bonds. The molecule has 0 bridgehead atoms. The summed E-state index contributed by atoms with van der Waals surface area (Å²) >= 11 is 0. The molecule has 1 aromatic carbocycles. The lowest BCUT2D eigenvalue weighted by molar-refractivity contribution is -0.137. The Morgan fingerprint density at radius 1 is 1.24 bits per heavy atom. The van der Waals surface area contributed by atoms with Crippen LogP contribution in [0.25, 0.3) is 0 Å². The highest BCUT2D eigenvalue weighted by Crippen LogP contribution is 2.04. The van der Waals surface area contributed by atoms with Gasteiger partial charge in [0.15, 0.2) is 0 Å². The second-order valence-corrected chi connectivity index (χ2v) is 3.37. The highest BCUT2D eigenvalue weighted by atomic mass is 19.1. The Bertz CT molecular complexity index is 409. The lowest BCUT2D eigenvalue weighted by atomic mass is 10.2. The number of rotatable bonds is 6. The van der Waals surface area contributed by atoms with Gasteiger partial charge in [-0.2, -0.15) is 0 Å². The molecule has 5 nitrogen and oxygen atoms in total. The van der Waals surface area contributed by atoms with E-state index in [-0.39, 0.29) is 18.9 Å². The zero-order valence-corrected chi connectivity index (χ0v) is 9.07. The van der Waals surface area contributed by atoms with Crippen LogP contribution in [0.4, 0.5) is 4.39 Å². The van der Waals surface area contributed by atoms with Crippen molar-refractivity contribution < 1.29 is 19.1 Å². The van der Waals surface area contributed by atoms with E-state index < -0.39 is 18.4 Å². The van der Waals surface area contributed by atoms with E-state index in [9.17, 15) is 14.0 Å². The average molecular weight is 240 g/mol. The van der Waals surface area contributed by atoms with E-state index in [0.29, 0.717) is 5.56 Å². The molecule has 0 saturated carbocycles. The van der Waals surface area contributed by atoms with Gasteiger partial charge in [0.2, 0.25) is 5.91 Å². The van der Waals surface area contributed by atoms with Crippen LogP contribution in [0.2, 0.25) is 0 Å². The molecule has 0 aliphatic carbocycles. The number of carbonyl (C=O) groups excluding carboxylic acids is 1. The molecule has 0 fully saturated rings. The largest absolute Gasteiger partial charge is 0.480 e. The van der Waals surface area contributed by atoms with E-state index in [1.54, 1.807) is 18.2 Å². The molecule has 6 heteroatoms. The highest BCUT2D eigenvalue weighted by molar-refractivity contribution is 5.82. The van der Waals surface area contributed by atoms with Crippen LogP contribution in [0.3, 0.4) is 0 Å². The molecule has 0 aromatic heterocycles. The second-order valence-electron chi connectivity index (χ2n) is 3.37. The Morgan fingerprint density at radius 3 is 2.59 bits per heavy atom. The molecule has 0 aliphatic heterocycles. The Morgan fingerprint density at radius 2 is 1.94 bits per heavy atom. The maximum Gasteiger partial charge on any atom is 0.322 e. The van der Waals surface area contributed by atoms with Gasteiger partial charge in [0.1, 0.15) is 12.4 Å². The van der Waals surface area contributed by atoms with Gasteiger partial charge in [-0.3, -0.25) is 9.59 Å². The van der Waals surface area contributed by atoms with Crippen molar-refractivity contribution in [1.29, 1.82) is 0 Å². The first-order valence-electron chi connectivity index (χ1n) is 5.02. The quantitative estimate of drug-likeness (QED) is 0.659. The zero-order chi connectivity index (χ0) is 12.7. The summed E-state index contributed by atoms with van der Waals surface area (Å²) in [4.78, 5) is 21.3. The molecule has 92 valence electrons. The predicted molar refractivity (Wildman–Crippen MR) is 58.8 cm³/mol. The molecule has 1 aromatic rings. The second kappa shape index (κ2) is 6.59. The molecular formula is C11H13FN2O3. The minimum Gasteiger partial charge on any atom is -0.480 e. The lowest BCUT2D eigenvalue weighted by Gasteiger charge is -2.05. The number of amides is 1. The molecular weight excluding hydrogens is 227 g/mol. The summed E-state index contributed by atoms with van der Waals surface area (Å²) < 4.78 is 13.1. The Balaban J connectivity index is 2.26. The fourth-order valence-corrected chi connectivity index (χ4v) is 1.19. The smallest absolute Gasteiger partial charge is 0.322 e. The molecule has 0 spiro atoms. The van der Waals surface area contributed by atoms with Crippen LogP contribution in [-0.4, -0.2) is 30.1 Å². The maximum atomic E-state index is 13.1. The maximum absolute atomic E-state index is 13.1. The van der Waals surface area contributed by atoms with Crippen molar-refractivity contribution in [3.05, 3.63) is 35.6 Å². The summed E-state index contributed by atoms with van der Waals surface area (Å²) in [6.07, 6.45) is 0. The molecule has 0 saturated heterocycles. The third-order valence-electron chi connectivity index (χ3n) is 2.00. The molecule has 1 rings (SSSR count). The van der Waals surface area contributed by atoms with Crippen molar-refractivity contribution >= 4 is 11.9 Å². The number of carbonyl (C=O) groups is 2. The number of hydrogen-bond donors (Lipinski definition) is 3. The van der Waals surface area contributed by atoms with Gasteiger partial charge in [-0.05, 0) is 6.07 Å². The van der Waals surface area contributed by atoms with Crippen molar-refractivity contribution in [3.8, 4) is 0 Å². The SMILES string of the molecule is O=C(O)CNC(=O)CNCc1ccccc1F. The van der Waals surface area contributed by atoms with Gasteiger partial charge in [0.05, 0.1) is 6.54 Å². The van der Waals surface area contributed by atoms with Gasteiger partial charge in [0, 0.05) is 12.1 Å². The average Bonchev–Trinajstić information content (AvgIpc) is 2.29. The van der Waals surface area contributed by atoms with Crippen molar-refractivity contribution in [2.45, 2.75) is 6.54 Å². The fourth-order valence-electron chi connectivity index (χ4n) is 1.19. The van der Waals surface area contributed by atoms with Crippen LogP contribution >= 0.6 is 0 Å². The molecule has 17 heavy (non-hydrogen) atoms. The normalized spacial score (nSPS) is 9.94. The Hall–Kier alpha value is -1.95. The van der Waals surface area contributed by atoms with E-state index in [1.807, 2.05) is 0 Å². The van der Waals surface area contributed by atoms with E-state index in [4.69, 9.17) is 5.11 Å². The molecule has 0 atom stereocenters. The summed E-state index contributed by atoms with van der Waals surface area (Å²) in [5, 5.41) is 13.2. The summed E-state index contributed by atoms with van der Waals surface area (Å²) in [5.41, 5.74) is 0.457. The van der Waals surface area contributed by atoms with Crippen molar-refractivity contribution in [2.24, 2.45) is 0 Å². The summed E-state index contributed by atoms with van der Waals surface area (Å²) in [7, 11) is 0. The topological polar surface area (TPSA) is 78.4 Å². The number of aliphatic carboxylic acids is 1. The first-order valence-corrected chi connectivity index (χ1v) is 5.02. The van der Waals surface area contributed by atoms with Gasteiger partial charge in [-0.1, -0.05) is 18.2 Å². The molecule has 0 aliphatic rings. The van der Waals surface area contributed by atoms with Crippen molar-refractivity contribution in [3.63, 3.8) is 0 Å². The minimum absolute atomic E-state index is 0.0540. The Kier molecular flexibility index (Phi) is 5.09. The molecule has 3 N–H and O–H groups in total. The summed E-state index contributed by atoms with van der Waals surface area (Å²) in [6.45, 7) is -0.255. The summed E-state index contributed by atoms with van der Waals surface area (Å²) in [6, 6.07) is 6.22. The number of benzene rings is 1. The van der Waals surface area contributed by atoms with Crippen LogP contribution in [0, 0.1) is 5.82 Å². The van der Waals surface area contributed by atoms with Crippen LogP contribution in [0.1, 0.15) is 5.56 Å². The van der Waals surface area contributed by atoms with Gasteiger partial charge in [0.25, 0.3) is 0 Å².